The Labute approximate surface area is 215 Å². The van der Waals surface area contributed by atoms with Crippen molar-refractivity contribution in [1.29, 1.82) is 0 Å². The summed E-state index contributed by atoms with van der Waals surface area (Å²) in [6.45, 7) is 5.98. The van der Waals surface area contributed by atoms with Crippen LogP contribution in [-0.4, -0.2) is 58.1 Å². The van der Waals surface area contributed by atoms with Crippen LogP contribution in [0.25, 0.3) is 5.65 Å². The van der Waals surface area contributed by atoms with Gasteiger partial charge in [0, 0.05) is 57.5 Å². The normalized spacial score (nSPS) is 16.3. The number of rotatable bonds is 6. The first-order chi connectivity index (χ1) is 18.0. The minimum atomic E-state index is -0.308. The Morgan fingerprint density at radius 2 is 1.86 bits per heavy atom. The third kappa shape index (κ3) is 4.76. The number of nitrogens with zero attached hydrogens (tertiary/aromatic N) is 4. The average molecular weight is 501 g/mol. The first-order valence-corrected chi connectivity index (χ1v) is 12.6. The predicted molar refractivity (Wildman–Crippen MR) is 137 cm³/mol. The maximum atomic E-state index is 14.2. The summed E-state index contributed by atoms with van der Waals surface area (Å²) in [6, 6.07) is 16.6. The number of hydrogen-bond donors (Lipinski definition) is 0. The number of halogens is 1. The molecule has 1 unspecified atom stereocenters. The molecule has 0 radical (unpaired) electrons. The minimum absolute atomic E-state index is 0.0691. The van der Waals surface area contributed by atoms with E-state index in [1.54, 1.807) is 6.07 Å². The van der Waals surface area contributed by atoms with Gasteiger partial charge in [0.05, 0.1) is 5.69 Å². The summed E-state index contributed by atoms with van der Waals surface area (Å²) >= 11 is 0. The quantitative estimate of drug-likeness (QED) is 0.393. The lowest BCUT2D eigenvalue weighted by molar-refractivity contribution is -0.133. The highest BCUT2D eigenvalue weighted by molar-refractivity contribution is 5.78. The van der Waals surface area contributed by atoms with E-state index in [0.29, 0.717) is 13.1 Å². The van der Waals surface area contributed by atoms with Gasteiger partial charge in [0.2, 0.25) is 12.7 Å². The standard InChI is InChI=1S/C29H29FN4O3/c1-20-4-3-9-34-25(17-31-29(20)34)24(22-5-2-6-23(30)15-22)16-28(35)33-12-10-32(11-13-33)18-21-7-8-26-27(14-21)37-19-36-26/h2-9,14-15,17,24H,10-13,16,18-19H2,1H3. The number of carbonyl (C=O) groups excluding carboxylic acids is 1. The molecule has 0 aliphatic carbocycles. The van der Waals surface area contributed by atoms with Gasteiger partial charge in [-0.2, -0.15) is 0 Å². The number of benzene rings is 2. The Bertz CT molecular complexity index is 1440. The molecule has 8 heteroatoms. The van der Waals surface area contributed by atoms with E-state index in [-0.39, 0.29) is 30.9 Å². The van der Waals surface area contributed by atoms with Crippen molar-refractivity contribution in [3.05, 3.63) is 95.2 Å². The minimum Gasteiger partial charge on any atom is -0.454 e. The van der Waals surface area contributed by atoms with Crippen LogP contribution in [0.15, 0.2) is 67.0 Å². The van der Waals surface area contributed by atoms with Gasteiger partial charge < -0.3 is 18.8 Å². The summed E-state index contributed by atoms with van der Waals surface area (Å²) in [6.07, 6.45) is 4.03. The van der Waals surface area contributed by atoms with Crippen molar-refractivity contribution in [2.75, 3.05) is 33.0 Å². The largest absolute Gasteiger partial charge is 0.454 e. The zero-order chi connectivity index (χ0) is 25.4. The van der Waals surface area contributed by atoms with Crippen molar-refractivity contribution in [3.8, 4) is 11.5 Å². The molecule has 2 aliphatic rings. The summed E-state index contributed by atoms with van der Waals surface area (Å²) in [4.78, 5) is 22.4. The maximum absolute atomic E-state index is 14.2. The Hall–Kier alpha value is -3.91. The Morgan fingerprint density at radius 1 is 1.03 bits per heavy atom. The molecule has 1 fully saturated rings. The van der Waals surface area contributed by atoms with Gasteiger partial charge in [0.25, 0.3) is 0 Å². The molecule has 7 nitrogen and oxygen atoms in total. The second kappa shape index (κ2) is 9.86. The summed E-state index contributed by atoms with van der Waals surface area (Å²) in [5.74, 6) is 1.04. The summed E-state index contributed by atoms with van der Waals surface area (Å²) < 4.78 is 27.1. The lowest BCUT2D eigenvalue weighted by Gasteiger charge is -2.35. The lowest BCUT2D eigenvalue weighted by Crippen LogP contribution is -2.48. The number of carbonyl (C=O) groups is 1. The molecule has 1 saturated heterocycles. The number of amides is 1. The van der Waals surface area contributed by atoms with Gasteiger partial charge in [-0.3, -0.25) is 9.69 Å². The average Bonchev–Trinajstić information content (AvgIpc) is 3.55. The molecule has 6 rings (SSSR count). The van der Waals surface area contributed by atoms with Gasteiger partial charge in [-0.15, -0.1) is 0 Å². The molecule has 0 spiro atoms. The van der Waals surface area contributed by atoms with E-state index in [4.69, 9.17) is 9.47 Å². The number of aromatic nitrogens is 2. The molecule has 0 bridgehead atoms. The molecule has 2 aromatic heterocycles. The van der Waals surface area contributed by atoms with E-state index in [0.717, 1.165) is 59.2 Å². The zero-order valence-electron chi connectivity index (χ0n) is 20.8. The second-order valence-electron chi connectivity index (χ2n) is 9.72. The Balaban J connectivity index is 1.16. The van der Waals surface area contributed by atoms with E-state index in [1.807, 2.05) is 58.9 Å². The van der Waals surface area contributed by atoms with Gasteiger partial charge >= 0.3 is 0 Å². The van der Waals surface area contributed by atoms with Crippen LogP contribution in [0, 0.1) is 12.7 Å². The number of aryl methyl sites for hydroxylation is 1. The second-order valence-corrected chi connectivity index (χ2v) is 9.72. The van der Waals surface area contributed by atoms with Gasteiger partial charge in [0.15, 0.2) is 11.5 Å². The predicted octanol–water partition coefficient (Wildman–Crippen LogP) is 4.38. The molecule has 2 aromatic carbocycles. The van der Waals surface area contributed by atoms with E-state index >= 15 is 0 Å². The highest BCUT2D eigenvalue weighted by atomic mass is 19.1. The Morgan fingerprint density at radius 3 is 2.70 bits per heavy atom. The molecule has 1 atom stereocenters. The number of pyridine rings is 1. The van der Waals surface area contributed by atoms with Crippen LogP contribution >= 0.6 is 0 Å². The van der Waals surface area contributed by atoms with Gasteiger partial charge in [-0.25, -0.2) is 9.37 Å². The fraction of sp³-hybridized carbons (Fsp3) is 0.310. The van der Waals surface area contributed by atoms with Gasteiger partial charge in [0.1, 0.15) is 11.5 Å². The Kier molecular flexibility index (Phi) is 6.26. The van der Waals surface area contributed by atoms with Crippen LogP contribution in [0.3, 0.4) is 0 Å². The molecule has 4 heterocycles. The molecule has 190 valence electrons. The van der Waals surface area contributed by atoms with Crippen molar-refractivity contribution in [3.63, 3.8) is 0 Å². The van der Waals surface area contributed by atoms with Crippen LogP contribution in [0.5, 0.6) is 11.5 Å². The third-order valence-corrected chi connectivity index (χ3v) is 7.31. The van der Waals surface area contributed by atoms with Crippen LogP contribution in [-0.2, 0) is 11.3 Å². The first-order valence-electron chi connectivity index (χ1n) is 12.6. The monoisotopic (exact) mass is 500 g/mol. The van der Waals surface area contributed by atoms with Gasteiger partial charge in [-0.1, -0.05) is 24.3 Å². The van der Waals surface area contributed by atoms with Crippen LogP contribution < -0.4 is 9.47 Å². The molecule has 4 aromatic rings. The lowest BCUT2D eigenvalue weighted by atomic mass is 9.92. The van der Waals surface area contributed by atoms with Crippen molar-refractivity contribution >= 4 is 11.6 Å². The molecule has 1 amide bonds. The van der Waals surface area contributed by atoms with Crippen LogP contribution in [0.2, 0.25) is 0 Å². The highest BCUT2D eigenvalue weighted by Crippen LogP contribution is 2.33. The van der Waals surface area contributed by atoms with E-state index in [1.165, 1.54) is 12.1 Å². The number of fused-ring (bicyclic) bond motifs is 2. The molecule has 2 aliphatic heterocycles. The number of imidazole rings is 1. The maximum Gasteiger partial charge on any atom is 0.231 e. The van der Waals surface area contributed by atoms with E-state index < -0.39 is 0 Å². The molecule has 0 saturated carbocycles. The SMILES string of the molecule is Cc1cccn2c(C(CC(=O)N3CCN(Cc4ccc5c(c4)OCO5)CC3)c3cccc(F)c3)cnc12. The topological polar surface area (TPSA) is 59.3 Å². The molecule has 0 N–H and O–H groups in total. The number of piperazine rings is 1. The van der Waals surface area contributed by atoms with Crippen molar-refractivity contribution in [2.24, 2.45) is 0 Å². The zero-order valence-corrected chi connectivity index (χ0v) is 20.8. The smallest absolute Gasteiger partial charge is 0.231 e. The molecular formula is C29H29FN4O3. The number of ether oxygens (including phenoxy) is 2. The fourth-order valence-corrected chi connectivity index (χ4v) is 5.30. The van der Waals surface area contributed by atoms with Crippen molar-refractivity contribution in [1.82, 2.24) is 19.2 Å². The number of hydrogen-bond acceptors (Lipinski definition) is 5. The van der Waals surface area contributed by atoms with Crippen molar-refractivity contribution in [2.45, 2.75) is 25.8 Å². The van der Waals surface area contributed by atoms with Crippen LogP contribution in [0.1, 0.15) is 34.7 Å². The van der Waals surface area contributed by atoms with Gasteiger partial charge in [-0.05, 0) is 53.9 Å². The molecular weight excluding hydrogens is 471 g/mol. The van der Waals surface area contributed by atoms with E-state index in [9.17, 15) is 9.18 Å². The summed E-state index contributed by atoms with van der Waals surface area (Å²) in [7, 11) is 0. The fourth-order valence-electron chi connectivity index (χ4n) is 5.30. The van der Waals surface area contributed by atoms with Crippen molar-refractivity contribution < 1.29 is 18.7 Å². The highest BCUT2D eigenvalue weighted by Gasteiger charge is 2.27. The summed E-state index contributed by atoms with van der Waals surface area (Å²) in [5, 5.41) is 0. The van der Waals surface area contributed by atoms with Crippen LogP contribution in [0.4, 0.5) is 4.39 Å². The third-order valence-electron chi connectivity index (χ3n) is 7.31. The van der Waals surface area contributed by atoms with E-state index in [2.05, 4.69) is 16.0 Å². The summed E-state index contributed by atoms with van der Waals surface area (Å²) in [5.41, 5.74) is 4.73. The first kappa shape index (κ1) is 23.5. The molecule has 37 heavy (non-hydrogen) atoms.